The molecule has 2 rings (SSSR count). The summed E-state index contributed by atoms with van der Waals surface area (Å²) < 4.78 is 0. The molecular formula is C14H16N2. The SMILES string of the molecule is CC#CCCNCc1ccc2[nH]ccc2c1. The van der Waals surface area contributed by atoms with Crippen LogP contribution in [0.5, 0.6) is 0 Å². The average Bonchev–Trinajstić information content (AvgIpc) is 2.76. The Morgan fingerprint density at radius 1 is 1.31 bits per heavy atom. The first-order chi connectivity index (χ1) is 7.90. The minimum Gasteiger partial charge on any atom is -0.361 e. The van der Waals surface area contributed by atoms with Crippen molar-refractivity contribution in [3.63, 3.8) is 0 Å². The van der Waals surface area contributed by atoms with Gasteiger partial charge in [0, 0.05) is 31.2 Å². The maximum absolute atomic E-state index is 3.38. The molecule has 0 saturated heterocycles. The molecule has 0 saturated carbocycles. The number of aromatic nitrogens is 1. The van der Waals surface area contributed by atoms with Crippen molar-refractivity contribution in [2.45, 2.75) is 19.9 Å². The summed E-state index contributed by atoms with van der Waals surface area (Å²) in [5, 5.41) is 4.65. The van der Waals surface area contributed by atoms with Gasteiger partial charge in [0.15, 0.2) is 0 Å². The highest BCUT2D eigenvalue weighted by molar-refractivity contribution is 5.79. The second-order valence-electron chi connectivity index (χ2n) is 3.75. The zero-order chi connectivity index (χ0) is 11.2. The lowest BCUT2D eigenvalue weighted by Crippen LogP contribution is -2.13. The van der Waals surface area contributed by atoms with Crippen molar-refractivity contribution in [1.82, 2.24) is 10.3 Å². The number of hydrogen-bond donors (Lipinski definition) is 2. The van der Waals surface area contributed by atoms with E-state index in [9.17, 15) is 0 Å². The number of hydrogen-bond acceptors (Lipinski definition) is 1. The summed E-state index contributed by atoms with van der Waals surface area (Å²) in [6.07, 6.45) is 2.89. The summed E-state index contributed by atoms with van der Waals surface area (Å²) >= 11 is 0. The van der Waals surface area contributed by atoms with Crippen molar-refractivity contribution in [2.75, 3.05) is 6.54 Å². The number of rotatable bonds is 4. The van der Waals surface area contributed by atoms with Gasteiger partial charge >= 0.3 is 0 Å². The summed E-state index contributed by atoms with van der Waals surface area (Å²) in [5.41, 5.74) is 2.51. The van der Waals surface area contributed by atoms with Gasteiger partial charge in [0.1, 0.15) is 0 Å². The van der Waals surface area contributed by atoms with Gasteiger partial charge in [0.2, 0.25) is 0 Å². The minimum absolute atomic E-state index is 0.909. The van der Waals surface area contributed by atoms with Crippen molar-refractivity contribution in [2.24, 2.45) is 0 Å². The number of fused-ring (bicyclic) bond motifs is 1. The summed E-state index contributed by atoms with van der Waals surface area (Å²) in [7, 11) is 0. The van der Waals surface area contributed by atoms with E-state index in [4.69, 9.17) is 0 Å². The second kappa shape index (κ2) is 5.39. The molecule has 0 spiro atoms. The Morgan fingerprint density at radius 2 is 2.25 bits per heavy atom. The molecule has 2 aromatic rings. The van der Waals surface area contributed by atoms with Crippen LogP contribution < -0.4 is 5.32 Å². The van der Waals surface area contributed by atoms with Crippen molar-refractivity contribution in [1.29, 1.82) is 0 Å². The van der Waals surface area contributed by atoms with E-state index >= 15 is 0 Å². The van der Waals surface area contributed by atoms with Crippen LogP contribution in [0.3, 0.4) is 0 Å². The third-order valence-electron chi connectivity index (χ3n) is 2.55. The molecule has 1 aromatic carbocycles. The Morgan fingerprint density at radius 3 is 3.12 bits per heavy atom. The Bertz CT molecular complexity index is 514. The van der Waals surface area contributed by atoms with Gasteiger partial charge in [-0.1, -0.05) is 6.07 Å². The van der Waals surface area contributed by atoms with Crippen LogP contribution in [-0.2, 0) is 6.54 Å². The molecule has 0 amide bonds. The number of aromatic amines is 1. The van der Waals surface area contributed by atoms with Gasteiger partial charge < -0.3 is 10.3 Å². The van der Waals surface area contributed by atoms with Crippen molar-refractivity contribution >= 4 is 10.9 Å². The molecule has 0 aliphatic heterocycles. The highest BCUT2D eigenvalue weighted by Crippen LogP contribution is 2.13. The number of nitrogens with one attached hydrogen (secondary N) is 2. The van der Waals surface area contributed by atoms with Gasteiger partial charge in [-0.2, -0.15) is 0 Å². The van der Waals surface area contributed by atoms with Crippen LogP contribution in [0, 0.1) is 11.8 Å². The van der Waals surface area contributed by atoms with E-state index in [2.05, 4.69) is 46.4 Å². The van der Waals surface area contributed by atoms with E-state index in [1.165, 1.54) is 16.5 Å². The molecular weight excluding hydrogens is 196 g/mol. The second-order valence-corrected chi connectivity index (χ2v) is 3.75. The van der Waals surface area contributed by atoms with Crippen LogP contribution in [0.4, 0.5) is 0 Å². The molecule has 0 atom stereocenters. The Labute approximate surface area is 96.1 Å². The smallest absolute Gasteiger partial charge is 0.0454 e. The minimum atomic E-state index is 0.909. The molecule has 16 heavy (non-hydrogen) atoms. The first-order valence-corrected chi connectivity index (χ1v) is 5.56. The molecule has 0 aliphatic carbocycles. The monoisotopic (exact) mass is 212 g/mol. The van der Waals surface area contributed by atoms with E-state index in [-0.39, 0.29) is 0 Å². The largest absolute Gasteiger partial charge is 0.361 e. The quantitative estimate of drug-likeness (QED) is 0.592. The van der Waals surface area contributed by atoms with Crippen LogP contribution in [0.25, 0.3) is 10.9 Å². The predicted molar refractivity (Wildman–Crippen MR) is 68.1 cm³/mol. The fourth-order valence-electron chi connectivity index (χ4n) is 1.72. The Balaban J connectivity index is 1.90. The first kappa shape index (κ1) is 10.8. The zero-order valence-corrected chi connectivity index (χ0v) is 9.51. The number of benzene rings is 1. The molecule has 1 aromatic heterocycles. The first-order valence-electron chi connectivity index (χ1n) is 5.56. The Kier molecular flexibility index (Phi) is 3.63. The molecule has 2 N–H and O–H groups in total. The van der Waals surface area contributed by atoms with Crippen molar-refractivity contribution in [3.05, 3.63) is 36.0 Å². The van der Waals surface area contributed by atoms with E-state index in [1.807, 2.05) is 13.1 Å². The zero-order valence-electron chi connectivity index (χ0n) is 9.51. The van der Waals surface area contributed by atoms with Crippen LogP contribution in [0.1, 0.15) is 18.9 Å². The van der Waals surface area contributed by atoms with E-state index in [1.54, 1.807) is 0 Å². The Hall–Kier alpha value is -1.72. The van der Waals surface area contributed by atoms with Crippen LogP contribution >= 0.6 is 0 Å². The van der Waals surface area contributed by atoms with Crippen LogP contribution in [0.15, 0.2) is 30.5 Å². The van der Waals surface area contributed by atoms with Gasteiger partial charge in [0.05, 0.1) is 0 Å². The van der Waals surface area contributed by atoms with Crippen LogP contribution in [0.2, 0.25) is 0 Å². The summed E-state index contributed by atoms with van der Waals surface area (Å²) in [6.45, 7) is 3.73. The fourth-order valence-corrected chi connectivity index (χ4v) is 1.72. The molecule has 0 aliphatic rings. The van der Waals surface area contributed by atoms with E-state index in [0.29, 0.717) is 0 Å². The lowest BCUT2D eigenvalue weighted by molar-refractivity contribution is 0.702. The van der Waals surface area contributed by atoms with Gasteiger partial charge in [-0.15, -0.1) is 11.8 Å². The average molecular weight is 212 g/mol. The van der Waals surface area contributed by atoms with Gasteiger partial charge in [0.25, 0.3) is 0 Å². The lowest BCUT2D eigenvalue weighted by atomic mass is 10.1. The summed E-state index contributed by atoms with van der Waals surface area (Å²) in [6, 6.07) is 8.58. The summed E-state index contributed by atoms with van der Waals surface area (Å²) in [4.78, 5) is 3.19. The maximum Gasteiger partial charge on any atom is 0.0454 e. The standard InChI is InChI=1S/C14H16N2/c1-2-3-4-8-15-11-12-5-6-14-13(10-12)7-9-16-14/h5-7,9-10,15-16H,4,8,11H2,1H3. The van der Waals surface area contributed by atoms with Crippen molar-refractivity contribution < 1.29 is 0 Å². The molecule has 0 unspecified atom stereocenters. The van der Waals surface area contributed by atoms with Crippen LogP contribution in [-0.4, -0.2) is 11.5 Å². The third-order valence-corrected chi connectivity index (χ3v) is 2.55. The molecule has 82 valence electrons. The van der Waals surface area contributed by atoms with E-state index in [0.717, 1.165) is 19.5 Å². The van der Waals surface area contributed by atoms with Gasteiger partial charge in [-0.05, 0) is 36.1 Å². The topological polar surface area (TPSA) is 27.8 Å². The normalized spacial score (nSPS) is 10.1. The fraction of sp³-hybridized carbons (Fsp3) is 0.286. The third kappa shape index (κ3) is 2.65. The summed E-state index contributed by atoms with van der Waals surface area (Å²) in [5.74, 6) is 5.94. The molecule has 2 heteroatoms. The lowest BCUT2D eigenvalue weighted by Gasteiger charge is -2.02. The molecule has 1 heterocycles. The predicted octanol–water partition coefficient (Wildman–Crippen LogP) is 2.67. The maximum atomic E-state index is 3.38. The van der Waals surface area contributed by atoms with E-state index < -0.39 is 0 Å². The highest BCUT2D eigenvalue weighted by atomic mass is 14.8. The molecule has 2 nitrogen and oxygen atoms in total. The molecule has 0 fully saturated rings. The highest BCUT2D eigenvalue weighted by Gasteiger charge is 1.96. The number of H-pyrrole nitrogens is 1. The van der Waals surface area contributed by atoms with Gasteiger partial charge in [-0.25, -0.2) is 0 Å². The van der Waals surface area contributed by atoms with Gasteiger partial charge in [-0.3, -0.25) is 0 Å². The molecule has 0 radical (unpaired) electrons. The van der Waals surface area contributed by atoms with Crippen molar-refractivity contribution in [3.8, 4) is 11.8 Å². The molecule has 0 bridgehead atoms.